The lowest BCUT2D eigenvalue weighted by Gasteiger charge is -2.01. The van der Waals surface area contributed by atoms with Gasteiger partial charge in [0.25, 0.3) is 5.69 Å². The van der Waals surface area contributed by atoms with Crippen LogP contribution in [0.2, 0.25) is 5.02 Å². The molecule has 0 aliphatic heterocycles. The SMILES string of the molecule is COC(=O)Cc1ccc(C(=O)c2ccc([N+](=O)[O-])cc2Cl)s1. The Labute approximate surface area is 134 Å². The molecule has 1 aromatic carbocycles. The number of halogens is 1. The highest BCUT2D eigenvalue weighted by Gasteiger charge is 2.18. The maximum Gasteiger partial charge on any atom is 0.310 e. The summed E-state index contributed by atoms with van der Waals surface area (Å²) >= 11 is 7.09. The van der Waals surface area contributed by atoms with E-state index in [1.54, 1.807) is 12.1 Å². The Balaban J connectivity index is 2.25. The largest absolute Gasteiger partial charge is 0.469 e. The molecule has 0 saturated heterocycles. The molecule has 0 saturated carbocycles. The minimum absolute atomic E-state index is 0.0158. The van der Waals surface area contributed by atoms with E-state index in [9.17, 15) is 19.7 Å². The molecule has 0 aliphatic rings. The summed E-state index contributed by atoms with van der Waals surface area (Å²) in [6.45, 7) is 0. The molecule has 1 heterocycles. The maximum absolute atomic E-state index is 12.4. The monoisotopic (exact) mass is 339 g/mol. The van der Waals surface area contributed by atoms with Crippen molar-refractivity contribution in [2.75, 3.05) is 7.11 Å². The van der Waals surface area contributed by atoms with Crippen LogP contribution in [0.15, 0.2) is 30.3 Å². The van der Waals surface area contributed by atoms with Gasteiger partial charge in [-0.05, 0) is 18.2 Å². The zero-order valence-electron chi connectivity index (χ0n) is 11.4. The van der Waals surface area contributed by atoms with Gasteiger partial charge >= 0.3 is 5.97 Å². The second-order valence-corrected chi connectivity index (χ2v) is 5.84. The van der Waals surface area contributed by atoms with Crippen molar-refractivity contribution in [3.63, 3.8) is 0 Å². The van der Waals surface area contributed by atoms with Crippen LogP contribution in [0.3, 0.4) is 0 Å². The van der Waals surface area contributed by atoms with E-state index < -0.39 is 10.9 Å². The minimum Gasteiger partial charge on any atom is -0.469 e. The number of thiophene rings is 1. The Morgan fingerprint density at radius 3 is 2.64 bits per heavy atom. The Morgan fingerprint density at radius 2 is 2.05 bits per heavy atom. The van der Waals surface area contributed by atoms with E-state index in [1.165, 1.54) is 19.2 Å². The van der Waals surface area contributed by atoms with Crippen molar-refractivity contribution in [2.24, 2.45) is 0 Å². The van der Waals surface area contributed by atoms with E-state index in [0.29, 0.717) is 9.75 Å². The number of nitro groups is 1. The van der Waals surface area contributed by atoms with Crippen LogP contribution in [0, 0.1) is 10.1 Å². The van der Waals surface area contributed by atoms with Gasteiger partial charge in [-0.1, -0.05) is 11.6 Å². The number of nitrogens with zero attached hydrogens (tertiary/aromatic N) is 1. The fourth-order valence-corrected chi connectivity index (χ4v) is 2.95. The predicted molar refractivity (Wildman–Crippen MR) is 81.6 cm³/mol. The highest BCUT2D eigenvalue weighted by Crippen LogP contribution is 2.27. The van der Waals surface area contributed by atoms with Crippen LogP contribution >= 0.6 is 22.9 Å². The molecular formula is C14H10ClNO5S. The van der Waals surface area contributed by atoms with E-state index in [2.05, 4.69) is 4.74 Å². The zero-order chi connectivity index (χ0) is 16.3. The molecular weight excluding hydrogens is 330 g/mol. The van der Waals surface area contributed by atoms with Crippen molar-refractivity contribution in [3.05, 3.63) is 60.8 Å². The molecule has 114 valence electrons. The van der Waals surface area contributed by atoms with Gasteiger partial charge in [-0.15, -0.1) is 11.3 Å². The summed E-state index contributed by atoms with van der Waals surface area (Å²) in [6, 6.07) is 6.93. The highest BCUT2D eigenvalue weighted by atomic mass is 35.5. The van der Waals surface area contributed by atoms with Crippen molar-refractivity contribution >= 4 is 40.4 Å². The van der Waals surface area contributed by atoms with Crippen LogP contribution in [-0.2, 0) is 16.0 Å². The van der Waals surface area contributed by atoms with Crippen LogP contribution in [0.5, 0.6) is 0 Å². The number of non-ortho nitro benzene ring substituents is 1. The van der Waals surface area contributed by atoms with E-state index in [0.717, 1.165) is 17.4 Å². The third-order valence-corrected chi connectivity index (χ3v) is 4.24. The van der Waals surface area contributed by atoms with Gasteiger partial charge in [0.05, 0.1) is 28.4 Å². The predicted octanol–water partition coefficient (Wildman–Crippen LogP) is 3.26. The first-order valence-electron chi connectivity index (χ1n) is 6.06. The lowest BCUT2D eigenvalue weighted by atomic mass is 10.1. The lowest BCUT2D eigenvalue weighted by molar-refractivity contribution is -0.384. The smallest absolute Gasteiger partial charge is 0.310 e. The molecule has 22 heavy (non-hydrogen) atoms. The van der Waals surface area contributed by atoms with Crippen molar-refractivity contribution in [3.8, 4) is 0 Å². The van der Waals surface area contributed by atoms with Crippen molar-refractivity contribution in [2.45, 2.75) is 6.42 Å². The molecule has 2 rings (SSSR count). The van der Waals surface area contributed by atoms with Gasteiger partial charge in [0.15, 0.2) is 0 Å². The van der Waals surface area contributed by atoms with Crippen LogP contribution < -0.4 is 0 Å². The third-order valence-electron chi connectivity index (χ3n) is 2.84. The minimum atomic E-state index is -0.584. The average molecular weight is 340 g/mol. The summed E-state index contributed by atoms with van der Waals surface area (Å²) in [5.74, 6) is -0.741. The van der Waals surface area contributed by atoms with Gasteiger partial charge in [-0.25, -0.2) is 0 Å². The van der Waals surface area contributed by atoms with Gasteiger partial charge in [0, 0.05) is 22.6 Å². The van der Waals surface area contributed by atoms with Crippen LogP contribution in [-0.4, -0.2) is 23.8 Å². The number of ether oxygens (including phenoxy) is 1. The summed E-state index contributed by atoms with van der Waals surface area (Å²) in [7, 11) is 1.29. The molecule has 0 atom stereocenters. The van der Waals surface area contributed by atoms with Crippen molar-refractivity contribution < 1.29 is 19.2 Å². The van der Waals surface area contributed by atoms with Crippen LogP contribution in [0.1, 0.15) is 20.1 Å². The summed E-state index contributed by atoms with van der Waals surface area (Å²) < 4.78 is 4.56. The summed E-state index contributed by atoms with van der Waals surface area (Å²) in [5.41, 5.74) is -0.00200. The first kappa shape index (κ1) is 16.1. The molecule has 0 aliphatic carbocycles. The molecule has 0 radical (unpaired) electrons. The molecule has 8 heteroatoms. The number of ketones is 1. The van der Waals surface area contributed by atoms with Gasteiger partial charge in [0.2, 0.25) is 5.78 Å². The van der Waals surface area contributed by atoms with E-state index in [1.807, 2.05) is 0 Å². The summed E-state index contributed by atoms with van der Waals surface area (Å²) in [6.07, 6.45) is 0.0858. The molecule has 0 unspecified atom stereocenters. The number of hydrogen-bond donors (Lipinski definition) is 0. The summed E-state index contributed by atoms with van der Waals surface area (Å²) in [5, 5.41) is 10.7. The number of carbonyl (C=O) groups excluding carboxylic acids is 2. The number of carbonyl (C=O) groups is 2. The molecule has 0 spiro atoms. The van der Waals surface area contributed by atoms with Gasteiger partial charge in [0.1, 0.15) is 0 Å². The van der Waals surface area contributed by atoms with E-state index in [-0.39, 0.29) is 28.5 Å². The van der Waals surface area contributed by atoms with Crippen LogP contribution in [0.4, 0.5) is 5.69 Å². The Bertz CT molecular complexity index is 755. The quantitative estimate of drug-likeness (QED) is 0.361. The van der Waals surface area contributed by atoms with E-state index in [4.69, 9.17) is 11.6 Å². The fraction of sp³-hybridized carbons (Fsp3) is 0.143. The first-order valence-corrected chi connectivity index (χ1v) is 7.26. The summed E-state index contributed by atoms with van der Waals surface area (Å²) in [4.78, 5) is 34.7. The Morgan fingerprint density at radius 1 is 1.32 bits per heavy atom. The number of methoxy groups -OCH3 is 1. The zero-order valence-corrected chi connectivity index (χ0v) is 12.9. The number of nitro benzene ring substituents is 1. The maximum atomic E-state index is 12.4. The van der Waals surface area contributed by atoms with Gasteiger partial charge < -0.3 is 4.74 Å². The fourth-order valence-electron chi connectivity index (χ4n) is 1.74. The molecule has 0 amide bonds. The Kier molecular flexibility index (Phi) is 4.89. The second kappa shape index (κ2) is 6.67. The standard InChI is InChI=1S/C14H10ClNO5S/c1-21-13(17)7-9-3-5-12(22-9)14(18)10-4-2-8(16(19)20)6-11(10)15/h2-6H,7H2,1H3. The molecule has 0 N–H and O–H groups in total. The first-order chi connectivity index (χ1) is 10.4. The number of hydrogen-bond acceptors (Lipinski definition) is 6. The van der Waals surface area contributed by atoms with Crippen molar-refractivity contribution in [1.29, 1.82) is 0 Å². The molecule has 1 aromatic heterocycles. The van der Waals surface area contributed by atoms with Gasteiger partial charge in [-0.2, -0.15) is 0 Å². The Hall–Kier alpha value is -2.25. The van der Waals surface area contributed by atoms with Gasteiger partial charge in [-0.3, -0.25) is 19.7 Å². The number of esters is 1. The average Bonchev–Trinajstić information content (AvgIpc) is 2.94. The lowest BCUT2D eigenvalue weighted by Crippen LogP contribution is -2.02. The molecule has 0 bridgehead atoms. The topological polar surface area (TPSA) is 86.5 Å². The normalized spacial score (nSPS) is 10.3. The highest BCUT2D eigenvalue weighted by molar-refractivity contribution is 7.14. The number of benzene rings is 1. The third kappa shape index (κ3) is 3.49. The van der Waals surface area contributed by atoms with E-state index >= 15 is 0 Å². The van der Waals surface area contributed by atoms with Crippen molar-refractivity contribution in [1.82, 2.24) is 0 Å². The number of rotatable bonds is 5. The van der Waals surface area contributed by atoms with Crippen LogP contribution in [0.25, 0.3) is 0 Å². The second-order valence-electron chi connectivity index (χ2n) is 4.27. The molecule has 6 nitrogen and oxygen atoms in total. The molecule has 0 fully saturated rings. The molecule has 2 aromatic rings.